The Morgan fingerprint density at radius 1 is 1.12 bits per heavy atom. The van der Waals surface area contributed by atoms with Crippen molar-refractivity contribution in [3.05, 3.63) is 53.7 Å². The summed E-state index contributed by atoms with van der Waals surface area (Å²) in [7, 11) is 1.74. The van der Waals surface area contributed by atoms with Crippen molar-refractivity contribution >= 4 is 5.96 Å². The Morgan fingerprint density at radius 3 is 2.64 bits per heavy atom. The molecule has 0 aliphatic carbocycles. The van der Waals surface area contributed by atoms with Gasteiger partial charge < -0.3 is 20.1 Å². The molecule has 0 saturated heterocycles. The fourth-order valence-electron chi connectivity index (χ4n) is 2.20. The van der Waals surface area contributed by atoms with Crippen LogP contribution in [0.4, 0.5) is 0 Å². The Kier molecular flexibility index (Phi) is 7.56. The number of pyridine rings is 1. The van der Waals surface area contributed by atoms with Gasteiger partial charge in [-0.1, -0.05) is 23.8 Å². The number of benzene rings is 1. The summed E-state index contributed by atoms with van der Waals surface area (Å²) in [6, 6.07) is 11.9. The van der Waals surface area contributed by atoms with Gasteiger partial charge in [-0.2, -0.15) is 0 Å². The summed E-state index contributed by atoms with van der Waals surface area (Å²) in [5.74, 6) is 2.22. The number of nitrogens with zero attached hydrogens (tertiary/aromatic N) is 2. The number of hydrogen-bond donors (Lipinski definition) is 2. The van der Waals surface area contributed by atoms with Gasteiger partial charge in [-0.15, -0.1) is 0 Å². The monoisotopic (exact) mass is 342 g/mol. The number of guanidine groups is 1. The molecule has 0 unspecified atom stereocenters. The van der Waals surface area contributed by atoms with Crippen molar-refractivity contribution in [2.45, 2.75) is 20.4 Å². The first-order valence-corrected chi connectivity index (χ1v) is 8.43. The summed E-state index contributed by atoms with van der Waals surface area (Å²) >= 11 is 0. The van der Waals surface area contributed by atoms with Crippen LogP contribution in [0.25, 0.3) is 0 Å². The minimum absolute atomic E-state index is 0.556. The molecule has 0 aliphatic rings. The first-order valence-electron chi connectivity index (χ1n) is 8.43. The first kappa shape index (κ1) is 18.6. The maximum absolute atomic E-state index is 5.69. The zero-order valence-corrected chi connectivity index (χ0v) is 15.1. The third-order valence-corrected chi connectivity index (χ3v) is 3.49. The highest BCUT2D eigenvalue weighted by Gasteiger charge is 2.05. The molecule has 2 aromatic rings. The van der Waals surface area contributed by atoms with Gasteiger partial charge in [-0.3, -0.25) is 4.99 Å². The van der Waals surface area contributed by atoms with E-state index in [1.54, 1.807) is 13.2 Å². The minimum atomic E-state index is 0.556. The van der Waals surface area contributed by atoms with Crippen LogP contribution in [0.5, 0.6) is 11.6 Å². The van der Waals surface area contributed by atoms with Crippen molar-refractivity contribution < 1.29 is 9.47 Å². The molecule has 0 atom stereocenters. The standard InChI is InChI=1S/C19H26N4O2/c1-4-24-18-16(6-5-11-21-18)14-23-19(20-3)22-12-13-25-17-9-7-15(2)8-10-17/h5-11H,4,12-14H2,1-3H3,(H2,20,22,23). The molecule has 1 aromatic heterocycles. The smallest absolute Gasteiger partial charge is 0.218 e. The lowest BCUT2D eigenvalue weighted by Crippen LogP contribution is -2.39. The number of ether oxygens (including phenoxy) is 2. The van der Waals surface area contributed by atoms with Gasteiger partial charge in [0.05, 0.1) is 13.2 Å². The van der Waals surface area contributed by atoms with Gasteiger partial charge in [-0.05, 0) is 32.0 Å². The van der Waals surface area contributed by atoms with Crippen LogP contribution < -0.4 is 20.1 Å². The molecular formula is C19H26N4O2. The van der Waals surface area contributed by atoms with Gasteiger partial charge in [0, 0.05) is 25.4 Å². The predicted octanol–water partition coefficient (Wildman–Crippen LogP) is 2.53. The van der Waals surface area contributed by atoms with Crippen LogP contribution in [0, 0.1) is 6.92 Å². The lowest BCUT2D eigenvalue weighted by Gasteiger charge is -2.14. The second-order valence-corrected chi connectivity index (χ2v) is 5.41. The number of rotatable bonds is 8. The molecule has 25 heavy (non-hydrogen) atoms. The number of aryl methyl sites for hydroxylation is 1. The van der Waals surface area contributed by atoms with Crippen molar-refractivity contribution in [1.82, 2.24) is 15.6 Å². The van der Waals surface area contributed by atoms with Crippen LogP contribution in [0.2, 0.25) is 0 Å². The van der Waals surface area contributed by atoms with Gasteiger partial charge in [0.25, 0.3) is 0 Å². The van der Waals surface area contributed by atoms with E-state index in [1.165, 1.54) is 5.56 Å². The zero-order valence-electron chi connectivity index (χ0n) is 15.1. The summed E-state index contributed by atoms with van der Waals surface area (Å²) in [6.45, 7) is 6.38. The molecule has 2 rings (SSSR count). The van der Waals surface area contributed by atoms with Gasteiger partial charge >= 0.3 is 0 Å². The molecule has 1 aromatic carbocycles. The average molecular weight is 342 g/mol. The van der Waals surface area contributed by atoms with Crippen molar-refractivity contribution in [1.29, 1.82) is 0 Å². The van der Waals surface area contributed by atoms with Crippen LogP contribution in [0.1, 0.15) is 18.1 Å². The maximum Gasteiger partial charge on any atom is 0.218 e. The van der Waals surface area contributed by atoms with E-state index in [1.807, 2.05) is 43.3 Å². The Bertz CT molecular complexity index is 671. The summed E-state index contributed by atoms with van der Waals surface area (Å²) in [5, 5.41) is 6.48. The van der Waals surface area contributed by atoms with Crippen LogP contribution in [0.15, 0.2) is 47.6 Å². The maximum atomic E-state index is 5.69. The molecule has 0 spiro atoms. The number of aromatic nitrogens is 1. The molecule has 0 radical (unpaired) electrons. The predicted molar refractivity (Wildman–Crippen MR) is 100 cm³/mol. The molecule has 0 saturated carbocycles. The SMILES string of the molecule is CCOc1ncccc1CNC(=NC)NCCOc1ccc(C)cc1. The van der Waals surface area contributed by atoms with E-state index in [0.717, 1.165) is 11.3 Å². The molecule has 0 bridgehead atoms. The first-order chi connectivity index (χ1) is 12.2. The third-order valence-electron chi connectivity index (χ3n) is 3.49. The Morgan fingerprint density at radius 2 is 1.92 bits per heavy atom. The molecule has 2 N–H and O–H groups in total. The second-order valence-electron chi connectivity index (χ2n) is 5.41. The van der Waals surface area contributed by atoms with Crippen molar-refractivity contribution in [3.63, 3.8) is 0 Å². The highest BCUT2D eigenvalue weighted by molar-refractivity contribution is 5.79. The quantitative estimate of drug-likeness (QED) is 0.438. The summed E-state index contributed by atoms with van der Waals surface area (Å²) < 4.78 is 11.2. The highest BCUT2D eigenvalue weighted by atomic mass is 16.5. The van der Waals surface area contributed by atoms with E-state index in [2.05, 4.69) is 27.5 Å². The molecule has 6 nitrogen and oxygen atoms in total. The highest BCUT2D eigenvalue weighted by Crippen LogP contribution is 2.13. The normalized spacial score (nSPS) is 11.1. The topological polar surface area (TPSA) is 67.8 Å². The van der Waals surface area contributed by atoms with E-state index in [0.29, 0.717) is 38.1 Å². The summed E-state index contributed by atoms with van der Waals surface area (Å²) in [5.41, 5.74) is 2.21. The number of hydrogen-bond acceptors (Lipinski definition) is 4. The Labute approximate surface area is 149 Å². The molecule has 1 heterocycles. The fourth-order valence-corrected chi connectivity index (χ4v) is 2.20. The van der Waals surface area contributed by atoms with Crippen LogP contribution in [-0.4, -0.2) is 37.7 Å². The number of aliphatic imine (C=N–C) groups is 1. The number of nitrogens with one attached hydrogen (secondary N) is 2. The van der Waals surface area contributed by atoms with Gasteiger partial charge in [0.2, 0.25) is 5.88 Å². The van der Waals surface area contributed by atoms with Crippen LogP contribution in [-0.2, 0) is 6.54 Å². The molecule has 0 amide bonds. The molecule has 6 heteroatoms. The molecule has 0 fully saturated rings. The van der Waals surface area contributed by atoms with Crippen molar-refractivity contribution in [3.8, 4) is 11.6 Å². The Balaban J connectivity index is 1.74. The van der Waals surface area contributed by atoms with E-state index in [9.17, 15) is 0 Å². The molecule has 0 aliphatic heterocycles. The molecular weight excluding hydrogens is 316 g/mol. The van der Waals surface area contributed by atoms with E-state index in [-0.39, 0.29) is 0 Å². The summed E-state index contributed by atoms with van der Waals surface area (Å²) in [6.07, 6.45) is 1.73. The average Bonchev–Trinajstić information content (AvgIpc) is 2.64. The van der Waals surface area contributed by atoms with Crippen LogP contribution >= 0.6 is 0 Å². The van der Waals surface area contributed by atoms with Crippen molar-refractivity contribution in [2.75, 3.05) is 26.8 Å². The minimum Gasteiger partial charge on any atom is -0.492 e. The van der Waals surface area contributed by atoms with Gasteiger partial charge in [0.1, 0.15) is 12.4 Å². The zero-order chi connectivity index (χ0) is 17.9. The third kappa shape index (κ3) is 6.33. The second kappa shape index (κ2) is 10.2. The Hall–Kier alpha value is -2.76. The lowest BCUT2D eigenvalue weighted by atomic mass is 10.2. The van der Waals surface area contributed by atoms with E-state index < -0.39 is 0 Å². The largest absolute Gasteiger partial charge is 0.492 e. The van der Waals surface area contributed by atoms with Crippen LogP contribution in [0.3, 0.4) is 0 Å². The molecule has 134 valence electrons. The summed E-state index contributed by atoms with van der Waals surface area (Å²) in [4.78, 5) is 8.46. The van der Waals surface area contributed by atoms with E-state index in [4.69, 9.17) is 9.47 Å². The van der Waals surface area contributed by atoms with Gasteiger partial charge in [0.15, 0.2) is 5.96 Å². The van der Waals surface area contributed by atoms with E-state index >= 15 is 0 Å². The van der Waals surface area contributed by atoms with Crippen molar-refractivity contribution in [2.24, 2.45) is 4.99 Å². The lowest BCUT2D eigenvalue weighted by molar-refractivity contribution is 0.320. The van der Waals surface area contributed by atoms with Gasteiger partial charge in [-0.25, -0.2) is 4.98 Å². The fraction of sp³-hybridized carbons (Fsp3) is 0.368.